The lowest BCUT2D eigenvalue weighted by molar-refractivity contribution is 0.157. The summed E-state index contributed by atoms with van der Waals surface area (Å²) < 4.78 is 0. The van der Waals surface area contributed by atoms with Crippen LogP contribution in [0.25, 0.3) is 0 Å². The van der Waals surface area contributed by atoms with E-state index in [0.29, 0.717) is 18.1 Å². The monoisotopic (exact) mass is 280 g/mol. The van der Waals surface area contributed by atoms with Crippen molar-refractivity contribution in [2.75, 3.05) is 13.1 Å². The van der Waals surface area contributed by atoms with E-state index in [0.717, 1.165) is 5.02 Å². The van der Waals surface area contributed by atoms with E-state index in [1.165, 1.54) is 31.5 Å². The lowest BCUT2D eigenvalue weighted by Crippen LogP contribution is -2.45. The Kier molecular flexibility index (Phi) is 5.26. The maximum Gasteiger partial charge on any atom is 0.0406 e. The van der Waals surface area contributed by atoms with E-state index >= 15 is 0 Å². The van der Waals surface area contributed by atoms with Gasteiger partial charge < -0.3 is 10.2 Å². The number of halogens is 1. The first-order valence-corrected chi connectivity index (χ1v) is 7.69. The molecule has 19 heavy (non-hydrogen) atoms. The van der Waals surface area contributed by atoms with Crippen LogP contribution in [0, 0.1) is 0 Å². The number of piperidine rings is 1. The first kappa shape index (κ1) is 14.8. The van der Waals surface area contributed by atoms with Gasteiger partial charge in [-0.05, 0) is 64.4 Å². The minimum Gasteiger partial charge on any atom is -0.307 e. The highest BCUT2D eigenvalue weighted by Gasteiger charge is 2.21. The van der Waals surface area contributed by atoms with Crippen LogP contribution in [0.5, 0.6) is 0 Å². The van der Waals surface area contributed by atoms with Gasteiger partial charge in [0.15, 0.2) is 0 Å². The zero-order chi connectivity index (χ0) is 13.8. The van der Waals surface area contributed by atoms with Crippen LogP contribution in [-0.4, -0.2) is 30.1 Å². The minimum absolute atomic E-state index is 0.396. The van der Waals surface area contributed by atoms with Crippen LogP contribution >= 0.6 is 11.6 Å². The van der Waals surface area contributed by atoms with Crippen molar-refractivity contribution in [1.82, 2.24) is 10.2 Å². The number of hydrogen-bond acceptors (Lipinski definition) is 2. The van der Waals surface area contributed by atoms with E-state index in [2.05, 4.69) is 43.1 Å². The first-order chi connectivity index (χ1) is 9.06. The molecule has 0 saturated carbocycles. The number of nitrogens with one attached hydrogen (secondary N) is 1. The third-order valence-electron chi connectivity index (χ3n) is 4.12. The molecule has 1 N–H and O–H groups in total. The van der Waals surface area contributed by atoms with Crippen molar-refractivity contribution in [1.29, 1.82) is 0 Å². The van der Waals surface area contributed by atoms with Crippen LogP contribution in [0.2, 0.25) is 5.02 Å². The molecule has 106 valence electrons. The minimum atomic E-state index is 0.396. The van der Waals surface area contributed by atoms with Gasteiger partial charge in [0.05, 0.1) is 0 Å². The lowest BCUT2D eigenvalue weighted by atomic mass is 10.0. The van der Waals surface area contributed by atoms with E-state index in [-0.39, 0.29) is 0 Å². The van der Waals surface area contributed by atoms with Gasteiger partial charge in [-0.25, -0.2) is 0 Å². The number of hydrogen-bond donors (Lipinski definition) is 1. The van der Waals surface area contributed by atoms with Gasteiger partial charge in [-0.2, -0.15) is 0 Å². The molecule has 1 atom stereocenters. The fourth-order valence-corrected chi connectivity index (χ4v) is 2.91. The molecule has 0 unspecified atom stereocenters. The summed E-state index contributed by atoms with van der Waals surface area (Å²) in [5.74, 6) is 0. The Labute approximate surface area is 122 Å². The third kappa shape index (κ3) is 4.20. The Bertz CT molecular complexity index is 380. The summed E-state index contributed by atoms with van der Waals surface area (Å²) in [7, 11) is 0. The molecule has 0 radical (unpaired) electrons. The number of likely N-dealkylation sites (tertiary alicyclic amines) is 1. The van der Waals surface area contributed by atoms with Crippen LogP contribution in [0.1, 0.15) is 45.2 Å². The summed E-state index contributed by atoms with van der Waals surface area (Å²) in [6, 6.07) is 9.88. The van der Waals surface area contributed by atoms with Crippen LogP contribution < -0.4 is 5.32 Å². The summed E-state index contributed by atoms with van der Waals surface area (Å²) in [5.41, 5.74) is 1.32. The predicted octanol–water partition coefficient (Wildman–Crippen LogP) is 3.86. The molecule has 3 heteroatoms. The quantitative estimate of drug-likeness (QED) is 0.901. The van der Waals surface area contributed by atoms with E-state index in [1.54, 1.807) is 0 Å². The molecular weight excluding hydrogens is 256 g/mol. The van der Waals surface area contributed by atoms with Crippen molar-refractivity contribution in [2.45, 2.75) is 51.7 Å². The van der Waals surface area contributed by atoms with E-state index in [9.17, 15) is 0 Å². The molecule has 0 bridgehead atoms. The van der Waals surface area contributed by atoms with Gasteiger partial charge in [0, 0.05) is 23.1 Å². The fraction of sp³-hybridized carbons (Fsp3) is 0.625. The third-order valence-corrected chi connectivity index (χ3v) is 4.37. The molecule has 2 rings (SSSR count). The van der Waals surface area contributed by atoms with Crippen LogP contribution in [0.15, 0.2) is 24.3 Å². The highest BCUT2D eigenvalue weighted by molar-refractivity contribution is 6.30. The van der Waals surface area contributed by atoms with Crippen molar-refractivity contribution >= 4 is 11.6 Å². The van der Waals surface area contributed by atoms with Crippen molar-refractivity contribution in [2.24, 2.45) is 0 Å². The summed E-state index contributed by atoms with van der Waals surface area (Å²) in [6.45, 7) is 9.22. The molecule has 1 fully saturated rings. The van der Waals surface area contributed by atoms with E-state index < -0.39 is 0 Å². The number of benzene rings is 1. The van der Waals surface area contributed by atoms with Gasteiger partial charge >= 0.3 is 0 Å². The zero-order valence-electron chi connectivity index (χ0n) is 12.2. The molecule has 0 spiro atoms. The molecule has 1 aromatic carbocycles. The van der Waals surface area contributed by atoms with Gasteiger partial charge in [0.2, 0.25) is 0 Å². The lowest BCUT2D eigenvalue weighted by Gasteiger charge is -2.36. The Morgan fingerprint density at radius 1 is 1.11 bits per heavy atom. The fourth-order valence-electron chi connectivity index (χ4n) is 2.78. The highest BCUT2D eigenvalue weighted by Crippen LogP contribution is 2.20. The average molecular weight is 281 g/mol. The molecule has 1 aliphatic heterocycles. The Balaban J connectivity index is 1.83. The second-order valence-corrected chi connectivity index (χ2v) is 6.28. The maximum absolute atomic E-state index is 5.93. The van der Waals surface area contributed by atoms with Crippen LogP contribution in [0.3, 0.4) is 0 Å². The van der Waals surface area contributed by atoms with E-state index in [4.69, 9.17) is 11.6 Å². The zero-order valence-corrected chi connectivity index (χ0v) is 13.0. The first-order valence-electron chi connectivity index (χ1n) is 7.32. The Hall–Kier alpha value is -0.570. The molecule has 1 saturated heterocycles. The largest absolute Gasteiger partial charge is 0.307 e. The molecule has 1 aromatic rings. The van der Waals surface area contributed by atoms with E-state index in [1.807, 2.05) is 12.1 Å². The van der Waals surface area contributed by atoms with Gasteiger partial charge in [0.25, 0.3) is 0 Å². The summed E-state index contributed by atoms with van der Waals surface area (Å²) in [4.78, 5) is 2.56. The van der Waals surface area contributed by atoms with Crippen molar-refractivity contribution in [3.05, 3.63) is 34.9 Å². The van der Waals surface area contributed by atoms with Crippen molar-refractivity contribution < 1.29 is 0 Å². The summed E-state index contributed by atoms with van der Waals surface area (Å²) >= 11 is 5.93. The topological polar surface area (TPSA) is 15.3 Å². The van der Waals surface area contributed by atoms with Gasteiger partial charge in [-0.3, -0.25) is 0 Å². The predicted molar refractivity (Wildman–Crippen MR) is 82.7 cm³/mol. The molecule has 0 aliphatic carbocycles. The second kappa shape index (κ2) is 6.74. The molecule has 1 aliphatic rings. The van der Waals surface area contributed by atoms with Gasteiger partial charge in [0.1, 0.15) is 0 Å². The second-order valence-electron chi connectivity index (χ2n) is 5.84. The SMILES string of the molecule is CC(C)N1CCC(N[C@H](C)c2ccc(Cl)cc2)CC1. The van der Waals surface area contributed by atoms with Crippen LogP contribution in [-0.2, 0) is 0 Å². The molecule has 2 nitrogen and oxygen atoms in total. The van der Waals surface area contributed by atoms with Gasteiger partial charge in [-0.15, -0.1) is 0 Å². The van der Waals surface area contributed by atoms with Gasteiger partial charge in [-0.1, -0.05) is 23.7 Å². The molecular formula is C16H25ClN2. The number of nitrogens with zero attached hydrogens (tertiary/aromatic N) is 1. The smallest absolute Gasteiger partial charge is 0.0406 e. The summed E-state index contributed by atoms with van der Waals surface area (Å²) in [6.07, 6.45) is 2.49. The Morgan fingerprint density at radius 3 is 2.21 bits per heavy atom. The maximum atomic E-state index is 5.93. The average Bonchev–Trinajstić information content (AvgIpc) is 2.40. The molecule has 0 amide bonds. The summed E-state index contributed by atoms with van der Waals surface area (Å²) in [5, 5.41) is 4.55. The van der Waals surface area contributed by atoms with Crippen molar-refractivity contribution in [3.63, 3.8) is 0 Å². The molecule has 1 heterocycles. The standard InChI is InChI=1S/C16H25ClN2/c1-12(2)19-10-8-16(9-11-19)18-13(3)14-4-6-15(17)7-5-14/h4-7,12-13,16,18H,8-11H2,1-3H3/t13-/m1/s1. The molecule has 0 aromatic heterocycles. The normalized spacial score (nSPS) is 19.8. The number of rotatable bonds is 4. The Morgan fingerprint density at radius 2 is 1.68 bits per heavy atom. The highest BCUT2D eigenvalue weighted by atomic mass is 35.5. The van der Waals surface area contributed by atoms with Crippen LogP contribution in [0.4, 0.5) is 0 Å². The van der Waals surface area contributed by atoms with Crippen molar-refractivity contribution in [3.8, 4) is 0 Å².